The van der Waals surface area contributed by atoms with E-state index in [1.165, 1.54) is 0 Å². The van der Waals surface area contributed by atoms with Crippen LogP contribution in [0.2, 0.25) is 0 Å². The van der Waals surface area contributed by atoms with Gasteiger partial charge >= 0.3 is 18.1 Å². The number of aliphatic carboxylic acids is 1. The molecule has 0 aromatic carbocycles. The molecule has 2 heterocycles. The molecular weight excluding hydrogens is 294 g/mol. The highest BCUT2D eigenvalue weighted by molar-refractivity contribution is 6.02. The Bertz CT molecular complexity index is 510. The topological polar surface area (TPSA) is 116 Å². The van der Waals surface area contributed by atoms with Gasteiger partial charge in [0.25, 0.3) is 0 Å². The van der Waals surface area contributed by atoms with Gasteiger partial charge in [0.2, 0.25) is 5.91 Å². The summed E-state index contributed by atoms with van der Waals surface area (Å²) >= 11 is 0. The number of rotatable bonds is 2. The number of hydrogen-bond acceptors (Lipinski definition) is 5. The van der Waals surface area contributed by atoms with Gasteiger partial charge in [-0.05, 0) is 20.8 Å². The highest BCUT2D eigenvalue weighted by Gasteiger charge is 2.47. The van der Waals surface area contributed by atoms with Crippen LogP contribution in [0.3, 0.4) is 0 Å². The minimum atomic E-state index is -1.19. The molecule has 2 rings (SSSR count). The normalized spacial score (nSPS) is 25.4. The van der Waals surface area contributed by atoms with Crippen LogP contribution in [0, 0.1) is 0 Å². The Labute approximate surface area is 127 Å². The lowest BCUT2D eigenvalue weighted by atomic mass is 10.1. The van der Waals surface area contributed by atoms with Gasteiger partial charge in [0.15, 0.2) is 0 Å². The van der Waals surface area contributed by atoms with Crippen LogP contribution < -0.4 is 5.32 Å². The molecule has 0 bridgehead atoms. The monoisotopic (exact) mass is 313 g/mol. The number of carboxylic acid groups (broad SMARTS) is 1. The first-order valence-electron chi connectivity index (χ1n) is 6.92. The van der Waals surface area contributed by atoms with Gasteiger partial charge in [0.05, 0.1) is 12.6 Å². The fourth-order valence-electron chi connectivity index (χ4n) is 2.56. The summed E-state index contributed by atoms with van der Waals surface area (Å²) in [5.74, 6) is -1.62. The van der Waals surface area contributed by atoms with E-state index in [2.05, 4.69) is 5.32 Å². The number of imide groups is 1. The van der Waals surface area contributed by atoms with Crippen LogP contribution in [-0.2, 0) is 14.3 Å². The molecule has 0 saturated carbocycles. The minimum absolute atomic E-state index is 0.00621. The first kappa shape index (κ1) is 16.1. The van der Waals surface area contributed by atoms with Crippen LogP contribution in [0.5, 0.6) is 0 Å². The maximum Gasteiger partial charge on any atom is 0.411 e. The molecular formula is C13H19N3O6. The molecule has 0 radical (unpaired) electrons. The molecule has 2 saturated heterocycles. The predicted molar refractivity (Wildman–Crippen MR) is 73.0 cm³/mol. The van der Waals surface area contributed by atoms with Crippen LogP contribution in [0.4, 0.5) is 9.59 Å². The van der Waals surface area contributed by atoms with Crippen LogP contribution in [-0.4, -0.2) is 69.7 Å². The largest absolute Gasteiger partial charge is 0.480 e. The van der Waals surface area contributed by atoms with Crippen molar-refractivity contribution in [3.05, 3.63) is 0 Å². The van der Waals surface area contributed by atoms with E-state index in [1.54, 1.807) is 20.8 Å². The van der Waals surface area contributed by atoms with Gasteiger partial charge in [0, 0.05) is 13.0 Å². The summed E-state index contributed by atoms with van der Waals surface area (Å²) in [4.78, 5) is 48.9. The van der Waals surface area contributed by atoms with Gasteiger partial charge in [-0.25, -0.2) is 14.4 Å². The minimum Gasteiger partial charge on any atom is -0.480 e. The number of urea groups is 1. The summed E-state index contributed by atoms with van der Waals surface area (Å²) in [5.41, 5.74) is -0.765. The number of ether oxygens (including phenoxy) is 1. The third-order valence-electron chi connectivity index (χ3n) is 3.44. The van der Waals surface area contributed by atoms with E-state index >= 15 is 0 Å². The smallest absolute Gasteiger partial charge is 0.411 e. The third-order valence-corrected chi connectivity index (χ3v) is 3.44. The van der Waals surface area contributed by atoms with Crippen LogP contribution in [0.25, 0.3) is 0 Å². The van der Waals surface area contributed by atoms with Crippen molar-refractivity contribution >= 4 is 24.0 Å². The Kier molecular flexibility index (Phi) is 3.99. The Morgan fingerprint density at radius 1 is 1.32 bits per heavy atom. The number of nitrogens with zero attached hydrogens (tertiary/aromatic N) is 2. The second-order valence-electron chi connectivity index (χ2n) is 6.30. The van der Waals surface area contributed by atoms with E-state index in [9.17, 15) is 24.3 Å². The molecule has 0 unspecified atom stereocenters. The van der Waals surface area contributed by atoms with Gasteiger partial charge in [-0.1, -0.05) is 0 Å². The van der Waals surface area contributed by atoms with Crippen molar-refractivity contribution in [2.75, 3.05) is 13.1 Å². The van der Waals surface area contributed by atoms with E-state index in [0.717, 1.165) is 9.80 Å². The maximum absolute atomic E-state index is 12.1. The van der Waals surface area contributed by atoms with Crippen molar-refractivity contribution in [3.63, 3.8) is 0 Å². The molecule has 2 aliphatic rings. The zero-order valence-electron chi connectivity index (χ0n) is 12.7. The van der Waals surface area contributed by atoms with E-state index in [-0.39, 0.29) is 19.5 Å². The lowest BCUT2D eigenvalue weighted by Gasteiger charge is -2.27. The summed E-state index contributed by atoms with van der Waals surface area (Å²) in [6.07, 6.45) is -0.775. The Morgan fingerprint density at radius 2 is 1.95 bits per heavy atom. The molecule has 0 aliphatic carbocycles. The number of hydrogen-bond donors (Lipinski definition) is 2. The standard InChI is InChI=1S/C13H19N3O6/c1-13(2,3)22-12(21)15-6-7(4-8(15)10(18)19)16-9(17)5-14-11(16)20/h7-8H,4-6H2,1-3H3,(H,14,20)(H,18,19)/t7-,8-/m0/s1. The van der Waals surface area contributed by atoms with Crippen molar-refractivity contribution in [1.82, 2.24) is 15.1 Å². The maximum atomic E-state index is 12.1. The lowest BCUT2D eigenvalue weighted by molar-refractivity contribution is -0.142. The summed E-state index contributed by atoms with van der Waals surface area (Å²) in [7, 11) is 0. The summed E-state index contributed by atoms with van der Waals surface area (Å²) in [6.45, 7) is 4.85. The molecule has 22 heavy (non-hydrogen) atoms. The first-order valence-corrected chi connectivity index (χ1v) is 6.92. The number of carbonyl (C=O) groups excluding carboxylic acids is 3. The first-order chi connectivity index (χ1) is 10.1. The van der Waals surface area contributed by atoms with Gasteiger partial charge in [-0.3, -0.25) is 14.6 Å². The fourth-order valence-corrected chi connectivity index (χ4v) is 2.56. The van der Waals surface area contributed by atoms with Crippen LogP contribution >= 0.6 is 0 Å². The van der Waals surface area contributed by atoms with Crippen molar-refractivity contribution in [2.45, 2.75) is 44.9 Å². The number of nitrogens with one attached hydrogen (secondary N) is 1. The summed E-state index contributed by atoms with van der Waals surface area (Å²) < 4.78 is 5.19. The molecule has 0 aromatic heterocycles. The van der Waals surface area contributed by atoms with Gasteiger partial charge in [-0.2, -0.15) is 0 Å². The van der Waals surface area contributed by atoms with Crippen molar-refractivity contribution in [3.8, 4) is 0 Å². The molecule has 9 heteroatoms. The molecule has 122 valence electrons. The highest BCUT2D eigenvalue weighted by Crippen LogP contribution is 2.26. The molecule has 2 fully saturated rings. The Balaban J connectivity index is 2.16. The summed E-state index contributed by atoms with van der Waals surface area (Å²) in [6, 6.07) is -2.35. The van der Waals surface area contributed by atoms with Crippen molar-refractivity contribution in [2.24, 2.45) is 0 Å². The molecule has 0 aromatic rings. The predicted octanol–water partition coefficient (Wildman–Crippen LogP) is 0.000800. The van der Waals surface area contributed by atoms with E-state index in [1.807, 2.05) is 0 Å². The molecule has 2 aliphatic heterocycles. The number of amides is 4. The zero-order chi connectivity index (χ0) is 16.7. The van der Waals surface area contributed by atoms with Crippen molar-refractivity contribution < 1.29 is 29.0 Å². The van der Waals surface area contributed by atoms with E-state index in [4.69, 9.17) is 4.74 Å². The molecule has 9 nitrogen and oxygen atoms in total. The van der Waals surface area contributed by atoms with E-state index < -0.39 is 41.7 Å². The lowest BCUT2D eigenvalue weighted by Crippen LogP contribution is -2.45. The Hall–Kier alpha value is -2.32. The Morgan fingerprint density at radius 3 is 2.41 bits per heavy atom. The fraction of sp³-hybridized carbons (Fsp3) is 0.692. The molecule has 2 atom stereocenters. The third kappa shape index (κ3) is 3.12. The second kappa shape index (κ2) is 5.47. The van der Waals surface area contributed by atoms with Gasteiger partial charge in [0.1, 0.15) is 11.6 Å². The quantitative estimate of drug-likeness (QED) is 0.693. The number of carboxylic acids is 1. The average molecular weight is 313 g/mol. The summed E-state index contributed by atoms with van der Waals surface area (Å²) in [5, 5.41) is 11.6. The SMILES string of the molecule is CC(C)(C)OC(=O)N1C[C@@H](N2C(=O)CNC2=O)C[C@H]1C(=O)O. The second-order valence-corrected chi connectivity index (χ2v) is 6.30. The van der Waals surface area contributed by atoms with E-state index in [0.29, 0.717) is 0 Å². The van der Waals surface area contributed by atoms with Crippen molar-refractivity contribution in [1.29, 1.82) is 0 Å². The van der Waals surface area contributed by atoms with Gasteiger partial charge < -0.3 is 15.2 Å². The molecule has 0 spiro atoms. The average Bonchev–Trinajstić information content (AvgIpc) is 2.91. The number of likely N-dealkylation sites (tertiary alicyclic amines) is 1. The van der Waals surface area contributed by atoms with Gasteiger partial charge in [-0.15, -0.1) is 0 Å². The molecule has 2 N–H and O–H groups in total. The zero-order valence-corrected chi connectivity index (χ0v) is 12.7. The van der Waals surface area contributed by atoms with Crippen LogP contribution in [0.15, 0.2) is 0 Å². The van der Waals surface area contributed by atoms with Crippen LogP contribution in [0.1, 0.15) is 27.2 Å². The molecule has 4 amide bonds. The highest BCUT2D eigenvalue weighted by atomic mass is 16.6. The number of carbonyl (C=O) groups is 4.